The van der Waals surface area contributed by atoms with Crippen LogP contribution < -0.4 is 4.90 Å². The maximum absolute atomic E-state index is 12.4. The zero-order valence-electron chi connectivity index (χ0n) is 16.7. The molecule has 2 aliphatic rings. The number of hydrogen-bond acceptors (Lipinski definition) is 5. The van der Waals surface area contributed by atoms with Crippen LogP contribution in [0.2, 0.25) is 5.02 Å². The fourth-order valence-corrected chi connectivity index (χ4v) is 4.00. The molecule has 2 saturated heterocycles. The summed E-state index contributed by atoms with van der Waals surface area (Å²) in [5.74, 6) is 0. The summed E-state index contributed by atoms with van der Waals surface area (Å²) in [6.07, 6.45) is 2.63. The highest BCUT2D eigenvalue weighted by Crippen LogP contribution is 2.32. The van der Waals surface area contributed by atoms with Crippen LogP contribution in [0.15, 0.2) is 18.3 Å². The summed E-state index contributed by atoms with van der Waals surface area (Å²) < 4.78 is 13.0. The fourth-order valence-electron chi connectivity index (χ4n) is 3.78. The average molecular weight is 407 g/mol. The number of carbonyl (C=O) groups is 1. The van der Waals surface area contributed by atoms with Gasteiger partial charge in [-0.1, -0.05) is 11.6 Å². The number of ether oxygens (including phenoxy) is 2. The van der Waals surface area contributed by atoms with Crippen LogP contribution in [0.5, 0.6) is 0 Å². The van der Waals surface area contributed by atoms with Crippen molar-refractivity contribution in [2.45, 2.75) is 38.8 Å². The van der Waals surface area contributed by atoms with E-state index in [9.17, 15) is 4.79 Å². The molecule has 1 aromatic heterocycles. The first-order chi connectivity index (χ1) is 13.3. The van der Waals surface area contributed by atoms with Crippen LogP contribution in [0.3, 0.4) is 0 Å². The number of hydrogen-bond donors (Lipinski definition) is 0. The van der Waals surface area contributed by atoms with Crippen molar-refractivity contribution < 1.29 is 14.3 Å². The number of likely N-dealkylation sites (tertiary alicyclic amines) is 1. The topological polar surface area (TPSA) is 59.8 Å². The van der Waals surface area contributed by atoms with E-state index in [1.165, 1.54) is 0 Å². The Morgan fingerprint density at radius 2 is 2.00 bits per heavy atom. The molecule has 152 valence electrons. The second kappa shape index (κ2) is 7.44. The van der Waals surface area contributed by atoms with Gasteiger partial charge in [0.25, 0.3) is 0 Å². The number of amides is 1. The van der Waals surface area contributed by atoms with Gasteiger partial charge in [-0.3, -0.25) is 4.68 Å². The molecule has 0 spiro atoms. The third-order valence-corrected chi connectivity index (χ3v) is 5.33. The van der Waals surface area contributed by atoms with Gasteiger partial charge >= 0.3 is 6.09 Å². The van der Waals surface area contributed by atoms with Gasteiger partial charge in [-0.05, 0) is 39.3 Å². The number of rotatable bonds is 2. The molecule has 2 fully saturated rings. The van der Waals surface area contributed by atoms with Crippen molar-refractivity contribution in [1.82, 2.24) is 14.7 Å². The zero-order chi connectivity index (χ0) is 19.9. The molecule has 2 aromatic rings. The molecule has 1 aromatic carbocycles. The lowest BCUT2D eigenvalue weighted by Gasteiger charge is -2.29. The molecule has 28 heavy (non-hydrogen) atoms. The first-order valence-corrected chi connectivity index (χ1v) is 10.2. The number of aromatic nitrogens is 2. The molecule has 3 heterocycles. The minimum atomic E-state index is -0.487. The van der Waals surface area contributed by atoms with E-state index in [0.29, 0.717) is 31.3 Å². The lowest BCUT2D eigenvalue weighted by Crippen LogP contribution is -2.36. The van der Waals surface area contributed by atoms with Gasteiger partial charge in [-0.25, -0.2) is 4.79 Å². The van der Waals surface area contributed by atoms with E-state index in [4.69, 9.17) is 26.2 Å². The van der Waals surface area contributed by atoms with E-state index in [2.05, 4.69) is 4.90 Å². The highest BCUT2D eigenvalue weighted by molar-refractivity contribution is 6.31. The van der Waals surface area contributed by atoms with Crippen LogP contribution in [0.1, 0.15) is 33.2 Å². The molecule has 7 nitrogen and oxygen atoms in total. The number of anilines is 1. The van der Waals surface area contributed by atoms with Gasteiger partial charge in [-0.2, -0.15) is 5.10 Å². The Morgan fingerprint density at radius 3 is 2.71 bits per heavy atom. The summed E-state index contributed by atoms with van der Waals surface area (Å²) in [6, 6.07) is 4.07. The molecule has 1 atom stereocenters. The Morgan fingerprint density at radius 1 is 1.25 bits per heavy atom. The first kappa shape index (κ1) is 19.3. The van der Waals surface area contributed by atoms with Gasteiger partial charge in [0.05, 0.1) is 24.9 Å². The Balaban J connectivity index is 1.56. The van der Waals surface area contributed by atoms with Crippen LogP contribution in [-0.4, -0.2) is 65.8 Å². The molecule has 0 radical (unpaired) electrons. The summed E-state index contributed by atoms with van der Waals surface area (Å²) in [4.78, 5) is 16.4. The van der Waals surface area contributed by atoms with Crippen LogP contribution in [0.4, 0.5) is 10.5 Å². The van der Waals surface area contributed by atoms with E-state index in [1.807, 2.05) is 43.8 Å². The van der Waals surface area contributed by atoms with Crippen LogP contribution in [0.25, 0.3) is 10.9 Å². The Hall–Kier alpha value is -1.99. The molecule has 4 rings (SSSR count). The lowest BCUT2D eigenvalue weighted by atomic mass is 10.2. The fraction of sp³-hybridized carbons (Fsp3) is 0.600. The average Bonchev–Trinajstić information content (AvgIpc) is 3.27. The van der Waals surface area contributed by atoms with Crippen molar-refractivity contribution in [2.75, 3.05) is 44.3 Å². The summed E-state index contributed by atoms with van der Waals surface area (Å²) in [6.45, 7) is 10.0. The van der Waals surface area contributed by atoms with Crippen molar-refractivity contribution >= 4 is 34.3 Å². The van der Waals surface area contributed by atoms with Gasteiger partial charge in [0.2, 0.25) is 0 Å². The Kier molecular flexibility index (Phi) is 5.14. The van der Waals surface area contributed by atoms with Crippen molar-refractivity contribution in [2.24, 2.45) is 0 Å². The second-order valence-corrected chi connectivity index (χ2v) is 8.88. The summed E-state index contributed by atoms with van der Waals surface area (Å²) in [7, 11) is 0. The monoisotopic (exact) mass is 406 g/mol. The van der Waals surface area contributed by atoms with Crippen molar-refractivity contribution in [1.29, 1.82) is 0 Å². The van der Waals surface area contributed by atoms with Gasteiger partial charge in [-0.15, -0.1) is 0 Å². The molecule has 2 aliphatic heterocycles. The largest absolute Gasteiger partial charge is 0.444 e. The second-order valence-electron chi connectivity index (χ2n) is 8.44. The van der Waals surface area contributed by atoms with E-state index >= 15 is 0 Å². The first-order valence-electron chi connectivity index (χ1n) is 9.79. The number of nitrogens with zero attached hydrogens (tertiary/aromatic N) is 4. The van der Waals surface area contributed by atoms with E-state index in [0.717, 1.165) is 36.1 Å². The lowest BCUT2D eigenvalue weighted by molar-refractivity contribution is 0.0288. The minimum absolute atomic E-state index is 0.135. The molecule has 1 unspecified atom stereocenters. The van der Waals surface area contributed by atoms with Gasteiger partial charge in [0.1, 0.15) is 11.1 Å². The molecule has 0 bridgehead atoms. The quantitative estimate of drug-likeness (QED) is 0.760. The highest BCUT2D eigenvalue weighted by Gasteiger charge is 2.31. The maximum atomic E-state index is 12.4. The minimum Gasteiger partial charge on any atom is -0.444 e. The third kappa shape index (κ3) is 4.05. The number of morpholine rings is 1. The summed E-state index contributed by atoms with van der Waals surface area (Å²) in [5.41, 5.74) is 1.51. The highest BCUT2D eigenvalue weighted by atomic mass is 35.5. The van der Waals surface area contributed by atoms with E-state index in [1.54, 1.807) is 4.90 Å². The molecular weight excluding hydrogens is 380 g/mol. The predicted molar refractivity (Wildman–Crippen MR) is 109 cm³/mol. The molecule has 1 amide bonds. The van der Waals surface area contributed by atoms with Crippen molar-refractivity contribution in [3.8, 4) is 0 Å². The normalized spacial score (nSPS) is 20.8. The van der Waals surface area contributed by atoms with E-state index < -0.39 is 5.60 Å². The number of benzene rings is 1. The van der Waals surface area contributed by atoms with Gasteiger partial charge in [0, 0.05) is 42.8 Å². The third-order valence-electron chi connectivity index (χ3n) is 5.11. The van der Waals surface area contributed by atoms with Crippen LogP contribution >= 0.6 is 11.6 Å². The SMILES string of the molecule is CC(C)(C)OC(=O)N1CCC(n2cc3cc(Cl)cc(N4CCOCC4)c3n2)C1. The number of fused-ring (bicyclic) bond motifs is 1. The van der Waals surface area contributed by atoms with Crippen LogP contribution in [0, 0.1) is 0 Å². The summed E-state index contributed by atoms with van der Waals surface area (Å²) in [5, 5.41) is 6.60. The van der Waals surface area contributed by atoms with Crippen LogP contribution in [-0.2, 0) is 9.47 Å². The van der Waals surface area contributed by atoms with Gasteiger partial charge < -0.3 is 19.3 Å². The summed E-state index contributed by atoms with van der Waals surface area (Å²) >= 11 is 6.37. The standard InChI is InChI=1S/C20H27ClN4O3/c1-20(2,3)28-19(26)24-5-4-16(13-24)25-12-14-10-15(21)11-17(18(14)22-25)23-6-8-27-9-7-23/h10-12,16H,4-9,13H2,1-3H3. The Bertz CT molecular complexity index is 870. The maximum Gasteiger partial charge on any atom is 0.410 e. The Labute approximate surface area is 170 Å². The predicted octanol–water partition coefficient (Wildman–Crippen LogP) is 3.71. The number of halogens is 1. The van der Waals surface area contributed by atoms with Crippen molar-refractivity contribution in [3.05, 3.63) is 23.4 Å². The van der Waals surface area contributed by atoms with Gasteiger partial charge in [0.15, 0.2) is 0 Å². The molecule has 0 saturated carbocycles. The molecular formula is C20H27ClN4O3. The number of carbonyl (C=O) groups excluding carboxylic acids is 1. The smallest absolute Gasteiger partial charge is 0.410 e. The van der Waals surface area contributed by atoms with Crippen molar-refractivity contribution in [3.63, 3.8) is 0 Å². The molecule has 0 N–H and O–H groups in total. The van der Waals surface area contributed by atoms with E-state index in [-0.39, 0.29) is 12.1 Å². The zero-order valence-corrected chi connectivity index (χ0v) is 17.4. The molecule has 0 aliphatic carbocycles. The molecule has 8 heteroatoms.